The summed E-state index contributed by atoms with van der Waals surface area (Å²) in [5.41, 5.74) is 1.36. The van der Waals surface area contributed by atoms with Gasteiger partial charge in [-0.05, 0) is 25.5 Å². The van der Waals surface area contributed by atoms with Crippen molar-refractivity contribution in [3.63, 3.8) is 0 Å². The van der Waals surface area contributed by atoms with E-state index in [1.165, 1.54) is 0 Å². The maximum Gasteiger partial charge on any atom is 0.243 e. The van der Waals surface area contributed by atoms with Gasteiger partial charge >= 0.3 is 0 Å². The Kier molecular flexibility index (Phi) is 3.76. The number of nitrogens with one attached hydrogen (secondary N) is 1. The largest absolute Gasteiger partial charge is 0.348 e. The number of amides is 1. The molecule has 1 unspecified atom stereocenters. The zero-order valence-electron chi connectivity index (χ0n) is 10.5. The van der Waals surface area contributed by atoms with Crippen molar-refractivity contribution in [3.8, 4) is 0 Å². The lowest BCUT2D eigenvalue weighted by Gasteiger charge is -2.16. The Morgan fingerprint density at radius 2 is 2.17 bits per heavy atom. The number of carbonyl (C=O) groups excluding carboxylic acids is 1. The molecule has 0 bridgehead atoms. The topological polar surface area (TPSA) is 73.0 Å². The van der Waals surface area contributed by atoms with Crippen LogP contribution in [-0.4, -0.2) is 20.8 Å². The molecule has 96 valence electrons. The Morgan fingerprint density at radius 3 is 2.72 bits per heavy atom. The monoisotopic (exact) mass is 248 g/mol. The van der Waals surface area contributed by atoms with Crippen LogP contribution in [0.3, 0.4) is 0 Å². The molecule has 2 aromatic heterocycles. The van der Waals surface area contributed by atoms with Crippen molar-refractivity contribution in [2.45, 2.75) is 32.9 Å². The van der Waals surface area contributed by atoms with E-state index in [1.54, 1.807) is 6.92 Å². The number of nitrogens with zero attached hydrogens (tertiary/aromatic N) is 3. The van der Waals surface area contributed by atoms with E-state index >= 15 is 0 Å². The Balaban J connectivity index is 1.97. The van der Waals surface area contributed by atoms with Crippen LogP contribution in [0.25, 0.3) is 0 Å². The Labute approximate surface area is 105 Å². The summed E-state index contributed by atoms with van der Waals surface area (Å²) < 4.78 is 6.47. The molecule has 0 spiro atoms. The minimum Gasteiger partial charge on any atom is -0.348 e. The van der Waals surface area contributed by atoms with Crippen molar-refractivity contribution in [1.82, 2.24) is 20.2 Å². The van der Waals surface area contributed by atoms with Gasteiger partial charge in [0.2, 0.25) is 5.91 Å². The summed E-state index contributed by atoms with van der Waals surface area (Å²) in [6.45, 7) is 4.11. The van der Waals surface area contributed by atoms with Gasteiger partial charge in [0.05, 0.1) is 6.54 Å². The maximum atomic E-state index is 12.1. The molecule has 2 rings (SSSR count). The van der Waals surface area contributed by atoms with Crippen LogP contribution in [0, 0.1) is 6.92 Å². The molecule has 6 nitrogen and oxygen atoms in total. The van der Waals surface area contributed by atoms with Crippen LogP contribution in [0.2, 0.25) is 0 Å². The van der Waals surface area contributed by atoms with Crippen molar-refractivity contribution in [2.24, 2.45) is 0 Å². The SMILES string of the molecule is CCC(C(=O)NCc1nonc1C)n1cccc1. The molecule has 6 heteroatoms. The number of aryl methyl sites for hydroxylation is 1. The fourth-order valence-electron chi connectivity index (χ4n) is 1.79. The highest BCUT2D eigenvalue weighted by Crippen LogP contribution is 2.12. The summed E-state index contributed by atoms with van der Waals surface area (Å²) in [4.78, 5) is 12.1. The van der Waals surface area contributed by atoms with Crippen molar-refractivity contribution < 1.29 is 9.42 Å². The van der Waals surface area contributed by atoms with E-state index < -0.39 is 0 Å². The Hall–Kier alpha value is -2.11. The van der Waals surface area contributed by atoms with Gasteiger partial charge in [0.15, 0.2) is 0 Å². The fraction of sp³-hybridized carbons (Fsp3) is 0.417. The summed E-state index contributed by atoms with van der Waals surface area (Å²) in [6.07, 6.45) is 4.50. The first-order valence-corrected chi connectivity index (χ1v) is 5.90. The second-order valence-corrected chi connectivity index (χ2v) is 4.07. The van der Waals surface area contributed by atoms with Gasteiger partial charge in [-0.1, -0.05) is 17.2 Å². The van der Waals surface area contributed by atoms with Crippen LogP contribution < -0.4 is 5.32 Å². The molecule has 0 aliphatic rings. The molecule has 0 aliphatic heterocycles. The van der Waals surface area contributed by atoms with Crippen LogP contribution in [0.5, 0.6) is 0 Å². The van der Waals surface area contributed by atoms with Gasteiger partial charge in [-0.2, -0.15) is 0 Å². The number of hydrogen-bond donors (Lipinski definition) is 1. The number of aromatic nitrogens is 3. The van der Waals surface area contributed by atoms with Gasteiger partial charge < -0.3 is 9.88 Å². The molecular formula is C12H16N4O2. The summed E-state index contributed by atoms with van der Waals surface area (Å²) in [5.74, 6) is -0.0314. The van der Waals surface area contributed by atoms with Crippen LogP contribution in [0.15, 0.2) is 29.2 Å². The first-order valence-electron chi connectivity index (χ1n) is 5.90. The lowest BCUT2D eigenvalue weighted by atomic mass is 10.2. The minimum atomic E-state index is -0.194. The Bertz CT molecular complexity index is 504. The van der Waals surface area contributed by atoms with Crippen LogP contribution in [0.4, 0.5) is 0 Å². The third-order valence-electron chi connectivity index (χ3n) is 2.85. The van der Waals surface area contributed by atoms with E-state index in [0.29, 0.717) is 17.9 Å². The molecule has 0 radical (unpaired) electrons. The van der Waals surface area contributed by atoms with E-state index in [-0.39, 0.29) is 11.9 Å². The van der Waals surface area contributed by atoms with Gasteiger partial charge in [-0.25, -0.2) is 4.63 Å². The number of carbonyl (C=O) groups is 1. The zero-order valence-corrected chi connectivity index (χ0v) is 10.5. The van der Waals surface area contributed by atoms with Crippen LogP contribution >= 0.6 is 0 Å². The summed E-state index contributed by atoms with van der Waals surface area (Å²) in [5, 5.41) is 10.2. The molecule has 0 saturated carbocycles. The molecule has 0 aliphatic carbocycles. The zero-order chi connectivity index (χ0) is 13.0. The predicted molar refractivity (Wildman–Crippen MR) is 64.6 cm³/mol. The molecule has 1 amide bonds. The van der Waals surface area contributed by atoms with Crippen molar-refractivity contribution >= 4 is 5.91 Å². The molecule has 2 heterocycles. The lowest BCUT2D eigenvalue weighted by molar-refractivity contribution is -0.124. The van der Waals surface area contributed by atoms with Gasteiger partial charge in [0.1, 0.15) is 17.4 Å². The van der Waals surface area contributed by atoms with Crippen LogP contribution in [-0.2, 0) is 11.3 Å². The fourth-order valence-corrected chi connectivity index (χ4v) is 1.79. The molecule has 1 atom stereocenters. The highest BCUT2D eigenvalue weighted by Gasteiger charge is 2.17. The van der Waals surface area contributed by atoms with Crippen molar-refractivity contribution in [2.75, 3.05) is 0 Å². The van der Waals surface area contributed by atoms with Crippen molar-refractivity contribution in [1.29, 1.82) is 0 Å². The minimum absolute atomic E-state index is 0.0314. The van der Waals surface area contributed by atoms with E-state index in [4.69, 9.17) is 0 Å². The molecule has 0 fully saturated rings. The standard InChI is InChI=1S/C12H16N4O2/c1-3-11(16-6-4-5-7-16)12(17)13-8-10-9(2)14-18-15-10/h4-7,11H,3,8H2,1-2H3,(H,13,17). The van der Waals surface area contributed by atoms with Gasteiger partial charge in [-0.3, -0.25) is 4.79 Å². The maximum absolute atomic E-state index is 12.1. The average Bonchev–Trinajstić information content (AvgIpc) is 2.99. The first kappa shape index (κ1) is 12.3. The highest BCUT2D eigenvalue weighted by molar-refractivity contribution is 5.80. The van der Waals surface area contributed by atoms with E-state index in [9.17, 15) is 4.79 Å². The summed E-state index contributed by atoms with van der Waals surface area (Å²) in [7, 11) is 0. The molecular weight excluding hydrogens is 232 g/mol. The molecule has 2 aromatic rings. The normalized spacial score (nSPS) is 12.3. The second-order valence-electron chi connectivity index (χ2n) is 4.07. The lowest BCUT2D eigenvalue weighted by Crippen LogP contribution is -2.31. The number of hydrogen-bond acceptors (Lipinski definition) is 4. The van der Waals surface area contributed by atoms with Gasteiger partial charge in [0, 0.05) is 12.4 Å². The van der Waals surface area contributed by atoms with Crippen molar-refractivity contribution in [3.05, 3.63) is 35.9 Å². The highest BCUT2D eigenvalue weighted by atomic mass is 16.6. The van der Waals surface area contributed by atoms with E-state index in [1.807, 2.05) is 36.0 Å². The average molecular weight is 248 g/mol. The second kappa shape index (κ2) is 5.48. The predicted octanol–water partition coefficient (Wildman–Crippen LogP) is 1.45. The number of rotatable bonds is 5. The quantitative estimate of drug-likeness (QED) is 0.869. The molecule has 18 heavy (non-hydrogen) atoms. The first-order chi connectivity index (χ1) is 8.72. The van der Waals surface area contributed by atoms with Crippen LogP contribution in [0.1, 0.15) is 30.8 Å². The van der Waals surface area contributed by atoms with Gasteiger partial charge in [-0.15, -0.1) is 0 Å². The van der Waals surface area contributed by atoms with E-state index in [2.05, 4.69) is 20.3 Å². The molecule has 1 N–H and O–H groups in total. The Morgan fingerprint density at radius 1 is 1.44 bits per heavy atom. The third-order valence-corrected chi connectivity index (χ3v) is 2.85. The van der Waals surface area contributed by atoms with Gasteiger partial charge in [0.25, 0.3) is 0 Å². The third kappa shape index (κ3) is 2.58. The smallest absolute Gasteiger partial charge is 0.243 e. The molecule has 0 aromatic carbocycles. The molecule has 0 saturated heterocycles. The van der Waals surface area contributed by atoms with E-state index in [0.717, 1.165) is 6.42 Å². The summed E-state index contributed by atoms with van der Waals surface area (Å²) >= 11 is 0. The summed E-state index contributed by atoms with van der Waals surface area (Å²) in [6, 6.07) is 3.61.